The van der Waals surface area contributed by atoms with Gasteiger partial charge in [-0.15, -0.1) is 0 Å². The molecule has 0 unspecified atom stereocenters. The van der Waals surface area contributed by atoms with Crippen molar-refractivity contribution in [2.45, 2.75) is 32.3 Å². The summed E-state index contributed by atoms with van der Waals surface area (Å²) in [5.74, 6) is 0.230. The van der Waals surface area contributed by atoms with Gasteiger partial charge in [-0.25, -0.2) is 0 Å². The smallest absolute Gasteiger partial charge is 0.254 e. The molecule has 1 aromatic carbocycles. The summed E-state index contributed by atoms with van der Waals surface area (Å²) in [4.78, 5) is 14.4. The van der Waals surface area contributed by atoms with Crippen LogP contribution in [-0.2, 0) is 6.42 Å². The molecule has 2 aliphatic heterocycles. The molecule has 4 heteroatoms. The number of β-amino-alcohol motifs (C(OH)–C–C–N with tert-alkyl or cyclic N) is 1. The average Bonchev–Trinajstić information content (AvgIpc) is 2.42. The summed E-state index contributed by atoms with van der Waals surface area (Å²) in [6.45, 7) is 5.86. The fraction of sp³-hybridized carbons (Fsp3) is 0.562. The molecule has 2 heterocycles. The van der Waals surface area contributed by atoms with Gasteiger partial charge in [-0.1, -0.05) is 19.9 Å². The number of carbonyl (C=O) groups is 1. The van der Waals surface area contributed by atoms with E-state index in [-0.39, 0.29) is 11.8 Å². The molecule has 2 N–H and O–H groups in total. The Labute approximate surface area is 119 Å². The van der Waals surface area contributed by atoms with E-state index in [2.05, 4.69) is 5.32 Å². The standard InChI is InChI=1S/C16H22N2O2/c1-11(2)16(20)9-18(10-16)15(19)13-5-3-7-14-12(13)6-4-8-17-14/h3,5,7,11,17,20H,4,6,8-10H2,1-2H3. The first kappa shape index (κ1) is 13.4. The van der Waals surface area contributed by atoms with E-state index in [0.717, 1.165) is 36.2 Å². The van der Waals surface area contributed by atoms with E-state index < -0.39 is 5.60 Å². The summed E-state index contributed by atoms with van der Waals surface area (Å²) >= 11 is 0. The quantitative estimate of drug-likeness (QED) is 0.866. The number of nitrogens with zero attached hydrogens (tertiary/aromatic N) is 1. The van der Waals surface area contributed by atoms with Crippen molar-refractivity contribution in [2.75, 3.05) is 25.0 Å². The number of likely N-dealkylation sites (tertiary alicyclic amines) is 1. The van der Waals surface area contributed by atoms with Gasteiger partial charge in [0.25, 0.3) is 5.91 Å². The second-order valence-electron chi connectivity index (χ2n) is 6.28. The Bertz CT molecular complexity index is 533. The molecule has 20 heavy (non-hydrogen) atoms. The molecule has 1 aromatic rings. The molecule has 2 aliphatic rings. The Hall–Kier alpha value is -1.55. The van der Waals surface area contributed by atoms with Gasteiger partial charge in [0, 0.05) is 17.8 Å². The maximum absolute atomic E-state index is 12.6. The number of aliphatic hydroxyl groups is 1. The molecule has 1 fully saturated rings. The van der Waals surface area contributed by atoms with Gasteiger partial charge in [-0.2, -0.15) is 0 Å². The zero-order chi connectivity index (χ0) is 14.3. The van der Waals surface area contributed by atoms with Crippen molar-refractivity contribution < 1.29 is 9.90 Å². The fourth-order valence-corrected chi connectivity index (χ4v) is 3.00. The zero-order valence-electron chi connectivity index (χ0n) is 12.1. The molecule has 108 valence electrons. The molecule has 0 atom stereocenters. The normalized spacial score (nSPS) is 20.1. The summed E-state index contributed by atoms with van der Waals surface area (Å²) < 4.78 is 0. The third-order valence-electron chi connectivity index (χ3n) is 4.62. The lowest BCUT2D eigenvalue weighted by molar-refractivity contribution is -0.110. The molecule has 3 rings (SSSR count). The Balaban J connectivity index is 1.80. The zero-order valence-corrected chi connectivity index (χ0v) is 12.1. The van der Waals surface area contributed by atoms with E-state index in [9.17, 15) is 9.90 Å². The van der Waals surface area contributed by atoms with E-state index in [4.69, 9.17) is 0 Å². The summed E-state index contributed by atoms with van der Waals surface area (Å²) in [6.07, 6.45) is 2.01. The number of carbonyl (C=O) groups excluding carboxylic acids is 1. The van der Waals surface area contributed by atoms with Crippen LogP contribution >= 0.6 is 0 Å². The van der Waals surface area contributed by atoms with Crippen LogP contribution in [0.3, 0.4) is 0 Å². The maximum atomic E-state index is 12.6. The van der Waals surface area contributed by atoms with Gasteiger partial charge in [-0.05, 0) is 36.5 Å². The molecule has 0 aromatic heterocycles. The largest absolute Gasteiger partial charge is 0.386 e. The monoisotopic (exact) mass is 274 g/mol. The van der Waals surface area contributed by atoms with E-state index in [1.165, 1.54) is 0 Å². The van der Waals surface area contributed by atoms with Crippen LogP contribution in [0.4, 0.5) is 5.69 Å². The third kappa shape index (κ3) is 2.08. The number of fused-ring (bicyclic) bond motifs is 1. The lowest BCUT2D eigenvalue weighted by Gasteiger charge is -2.49. The lowest BCUT2D eigenvalue weighted by Crippen LogP contribution is -2.66. The second kappa shape index (κ2) is 4.77. The second-order valence-corrected chi connectivity index (χ2v) is 6.28. The minimum Gasteiger partial charge on any atom is -0.386 e. The van der Waals surface area contributed by atoms with E-state index >= 15 is 0 Å². The van der Waals surface area contributed by atoms with Crippen molar-refractivity contribution in [1.82, 2.24) is 4.90 Å². The van der Waals surface area contributed by atoms with Crippen LogP contribution in [0.1, 0.15) is 36.2 Å². The summed E-state index contributed by atoms with van der Waals surface area (Å²) in [5.41, 5.74) is 2.30. The molecule has 0 aliphatic carbocycles. The minimum absolute atomic E-state index is 0.0517. The van der Waals surface area contributed by atoms with Gasteiger partial charge in [0.15, 0.2) is 0 Å². The van der Waals surface area contributed by atoms with Crippen LogP contribution in [0, 0.1) is 5.92 Å². The predicted molar refractivity (Wildman–Crippen MR) is 78.9 cm³/mol. The van der Waals surface area contributed by atoms with Gasteiger partial charge in [-0.3, -0.25) is 4.79 Å². The van der Waals surface area contributed by atoms with Crippen molar-refractivity contribution in [2.24, 2.45) is 5.92 Å². The summed E-state index contributed by atoms with van der Waals surface area (Å²) in [7, 11) is 0. The maximum Gasteiger partial charge on any atom is 0.254 e. The van der Waals surface area contributed by atoms with Crippen molar-refractivity contribution in [1.29, 1.82) is 0 Å². The van der Waals surface area contributed by atoms with E-state index in [1.807, 2.05) is 32.0 Å². The van der Waals surface area contributed by atoms with Gasteiger partial charge in [0.05, 0.1) is 13.1 Å². The number of amides is 1. The number of rotatable bonds is 2. The molecule has 0 saturated carbocycles. The fourth-order valence-electron chi connectivity index (χ4n) is 3.00. The van der Waals surface area contributed by atoms with Gasteiger partial charge < -0.3 is 15.3 Å². The van der Waals surface area contributed by atoms with Crippen LogP contribution in [0.2, 0.25) is 0 Å². The van der Waals surface area contributed by atoms with Crippen LogP contribution in [0.5, 0.6) is 0 Å². The molecule has 0 bridgehead atoms. The predicted octanol–water partition coefficient (Wildman–Crippen LogP) is 1.89. The van der Waals surface area contributed by atoms with Crippen LogP contribution in [0.15, 0.2) is 18.2 Å². The highest BCUT2D eigenvalue weighted by atomic mass is 16.3. The molecule has 0 radical (unpaired) electrons. The SMILES string of the molecule is CC(C)C1(O)CN(C(=O)c2cccc3c2CCCN3)C1. The van der Waals surface area contributed by atoms with Crippen molar-refractivity contribution >= 4 is 11.6 Å². The highest BCUT2D eigenvalue weighted by Gasteiger charge is 2.46. The van der Waals surface area contributed by atoms with Crippen LogP contribution in [-0.4, -0.2) is 41.1 Å². The molecular formula is C16H22N2O2. The topological polar surface area (TPSA) is 52.6 Å². The van der Waals surface area contributed by atoms with E-state index in [1.54, 1.807) is 4.90 Å². The first-order valence-electron chi connectivity index (χ1n) is 7.39. The number of nitrogens with one attached hydrogen (secondary N) is 1. The lowest BCUT2D eigenvalue weighted by atomic mass is 9.82. The Morgan fingerprint density at radius 1 is 1.40 bits per heavy atom. The minimum atomic E-state index is -0.706. The number of hydrogen-bond acceptors (Lipinski definition) is 3. The van der Waals surface area contributed by atoms with Gasteiger partial charge in [0.2, 0.25) is 0 Å². The molecule has 1 saturated heterocycles. The van der Waals surface area contributed by atoms with Gasteiger partial charge in [0.1, 0.15) is 5.60 Å². The van der Waals surface area contributed by atoms with Crippen molar-refractivity contribution in [3.8, 4) is 0 Å². The van der Waals surface area contributed by atoms with Crippen molar-refractivity contribution in [3.63, 3.8) is 0 Å². The Morgan fingerprint density at radius 2 is 2.15 bits per heavy atom. The Morgan fingerprint density at radius 3 is 2.85 bits per heavy atom. The average molecular weight is 274 g/mol. The first-order valence-corrected chi connectivity index (χ1v) is 7.39. The summed E-state index contributed by atoms with van der Waals surface area (Å²) in [6, 6.07) is 5.87. The Kier molecular flexibility index (Phi) is 3.21. The van der Waals surface area contributed by atoms with E-state index in [0.29, 0.717) is 13.1 Å². The number of anilines is 1. The molecule has 4 nitrogen and oxygen atoms in total. The highest BCUT2D eigenvalue weighted by Crippen LogP contribution is 2.32. The van der Waals surface area contributed by atoms with Crippen LogP contribution in [0.25, 0.3) is 0 Å². The summed E-state index contributed by atoms with van der Waals surface area (Å²) in [5, 5.41) is 13.6. The van der Waals surface area contributed by atoms with Gasteiger partial charge >= 0.3 is 0 Å². The molecular weight excluding hydrogens is 252 g/mol. The molecule has 0 spiro atoms. The number of benzene rings is 1. The number of hydrogen-bond donors (Lipinski definition) is 2. The highest BCUT2D eigenvalue weighted by molar-refractivity contribution is 5.98. The van der Waals surface area contributed by atoms with Crippen molar-refractivity contribution in [3.05, 3.63) is 29.3 Å². The molecule has 1 amide bonds. The van der Waals surface area contributed by atoms with Crippen LogP contribution < -0.4 is 5.32 Å². The third-order valence-corrected chi connectivity index (χ3v) is 4.62. The first-order chi connectivity index (χ1) is 9.51.